The third-order valence-corrected chi connectivity index (χ3v) is 6.20. The van der Waals surface area contributed by atoms with E-state index < -0.39 is 47.6 Å². The lowest BCUT2D eigenvalue weighted by Crippen LogP contribution is -2.44. The Hall–Kier alpha value is -3.40. The minimum absolute atomic E-state index is 0.0253. The van der Waals surface area contributed by atoms with E-state index in [9.17, 15) is 23.1 Å². The highest BCUT2D eigenvalue weighted by Gasteiger charge is 2.51. The Labute approximate surface area is 203 Å². The van der Waals surface area contributed by atoms with E-state index in [0.717, 1.165) is 17.0 Å². The second kappa shape index (κ2) is 8.67. The first-order valence-corrected chi connectivity index (χ1v) is 10.8. The molecule has 2 heterocycles. The van der Waals surface area contributed by atoms with Gasteiger partial charge in [-0.2, -0.15) is 18.4 Å². The molecule has 35 heavy (non-hydrogen) atoms. The molecule has 1 fully saturated rings. The van der Waals surface area contributed by atoms with Gasteiger partial charge in [0.05, 0.1) is 29.5 Å². The molecule has 2 aromatic carbocycles. The largest absolute Gasteiger partial charge is 0.486 e. The van der Waals surface area contributed by atoms with E-state index in [1.165, 1.54) is 17.0 Å². The Morgan fingerprint density at radius 2 is 1.91 bits per heavy atom. The molecule has 8 nitrogen and oxygen atoms in total. The highest BCUT2D eigenvalue weighted by Crippen LogP contribution is 2.42. The number of rotatable bonds is 4. The summed E-state index contributed by atoms with van der Waals surface area (Å²) in [6.45, 7) is 2.64. The van der Waals surface area contributed by atoms with Crippen LogP contribution in [0.1, 0.15) is 25.0 Å². The van der Waals surface area contributed by atoms with Gasteiger partial charge < -0.3 is 24.6 Å². The van der Waals surface area contributed by atoms with Crippen LogP contribution in [0.2, 0.25) is 0 Å². The summed E-state index contributed by atoms with van der Waals surface area (Å²) < 4.78 is 51.8. The number of halogens is 3. The number of carbonyl (C=O) groups is 1. The van der Waals surface area contributed by atoms with E-state index >= 15 is 0 Å². The average Bonchev–Trinajstić information content (AvgIpc) is 3.00. The zero-order chi connectivity index (χ0) is 25.7. The van der Waals surface area contributed by atoms with Gasteiger partial charge >= 0.3 is 6.18 Å². The Morgan fingerprint density at radius 3 is 2.54 bits per heavy atom. The standard InChI is InChI=1S/C23H20F3N3O5S/c1-22(2)20(32)28(13-4-3-12(9-27)15(7-13)23(24,25)26)21(35)29(22)14-5-6-17-18(8-14)33-11-19(34-17)16(31)10-30/h3-8,16,19,30-31H,10-11H2,1-2H3/t16?,19-/m0/s1. The number of nitrogens with zero attached hydrogens (tertiary/aromatic N) is 3. The van der Waals surface area contributed by atoms with Crippen molar-refractivity contribution in [3.63, 3.8) is 0 Å². The molecule has 0 saturated carbocycles. The number of hydrogen-bond acceptors (Lipinski definition) is 7. The molecule has 4 rings (SSSR count). The van der Waals surface area contributed by atoms with Gasteiger partial charge in [-0.25, -0.2) is 0 Å². The van der Waals surface area contributed by atoms with Crippen molar-refractivity contribution in [2.45, 2.75) is 37.8 Å². The Balaban J connectivity index is 1.70. The van der Waals surface area contributed by atoms with Crippen molar-refractivity contribution >= 4 is 34.6 Å². The van der Waals surface area contributed by atoms with E-state index in [1.54, 1.807) is 32.0 Å². The zero-order valence-electron chi connectivity index (χ0n) is 18.5. The van der Waals surface area contributed by atoms with Gasteiger partial charge in [-0.3, -0.25) is 9.69 Å². The highest BCUT2D eigenvalue weighted by molar-refractivity contribution is 7.81. The SMILES string of the molecule is CC1(C)C(=O)N(c2ccc(C#N)c(C(F)(F)F)c2)C(=S)N1c1ccc2c(c1)OC[C@@H](C(O)CO)O2. The molecule has 2 atom stereocenters. The molecule has 1 amide bonds. The van der Waals surface area contributed by atoms with Crippen LogP contribution in [0.15, 0.2) is 36.4 Å². The molecule has 184 valence electrons. The fourth-order valence-corrected chi connectivity index (χ4v) is 4.50. The van der Waals surface area contributed by atoms with Gasteiger partial charge in [0.25, 0.3) is 5.91 Å². The normalized spacial score (nSPS) is 20.1. The van der Waals surface area contributed by atoms with Gasteiger partial charge in [0.1, 0.15) is 18.2 Å². The molecule has 0 aromatic heterocycles. The highest BCUT2D eigenvalue weighted by atomic mass is 32.1. The van der Waals surface area contributed by atoms with E-state index in [2.05, 4.69) is 0 Å². The van der Waals surface area contributed by atoms with E-state index in [0.29, 0.717) is 17.2 Å². The third kappa shape index (κ3) is 4.16. The quantitative estimate of drug-likeness (QED) is 0.609. The number of ether oxygens (including phenoxy) is 2. The van der Waals surface area contributed by atoms with Crippen molar-refractivity contribution in [1.29, 1.82) is 5.26 Å². The van der Waals surface area contributed by atoms with Crippen LogP contribution >= 0.6 is 12.2 Å². The molecule has 2 aromatic rings. The lowest BCUT2D eigenvalue weighted by molar-refractivity contribution is -0.137. The summed E-state index contributed by atoms with van der Waals surface area (Å²) in [5.74, 6) is 0.0676. The average molecular weight is 507 g/mol. The maximum Gasteiger partial charge on any atom is 0.417 e. The summed E-state index contributed by atoms with van der Waals surface area (Å²) in [4.78, 5) is 15.8. The molecule has 1 saturated heterocycles. The number of nitriles is 1. The number of fused-ring (bicyclic) bond motifs is 1. The van der Waals surface area contributed by atoms with Crippen LogP contribution in [0.4, 0.5) is 24.5 Å². The van der Waals surface area contributed by atoms with Crippen LogP contribution in [-0.2, 0) is 11.0 Å². The first-order chi connectivity index (χ1) is 16.4. The van der Waals surface area contributed by atoms with Crippen LogP contribution in [0.25, 0.3) is 0 Å². The number of amides is 1. The van der Waals surface area contributed by atoms with E-state index in [-0.39, 0.29) is 17.4 Å². The van der Waals surface area contributed by atoms with Gasteiger partial charge in [-0.1, -0.05) is 0 Å². The van der Waals surface area contributed by atoms with Gasteiger partial charge in [0.15, 0.2) is 22.7 Å². The van der Waals surface area contributed by atoms with Crippen LogP contribution in [-0.4, -0.2) is 52.2 Å². The van der Waals surface area contributed by atoms with Gasteiger partial charge in [0.2, 0.25) is 0 Å². The number of alkyl halides is 3. The van der Waals surface area contributed by atoms with Crippen molar-refractivity contribution in [3.8, 4) is 17.6 Å². The molecular weight excluding hydrogens is 487 g/mol. The number of benzene rings is 2. The molecule has 1 unspecified atom stereocenters. The van der Waals surface area contributed by atoms with Crippen molar-refractivity contribution in [3.05, 3.63) is 47.5 Å². The summed E-state index contributed by atoms with van der Waals surface area (Å²) in [6, 6.07) is 9.22. The number of carbonyl (C=O) groups excluding carboxylic acids is 1. The minimum Gasteiger partial charge on any atom is -0.486 e. The molecular formula is C23H20F3N3O5S. The zero-order valence-corrected chi connectivity index (χ0v) is 19.4. The maximum atomic E-state index is 13.5. The van der Waals surface area contributed by atoms with Crippen LogP contribution in [0.5, 0.6) is 11.5 Å². The number of aliphatic hydroxyl groups is 2. The molecule has 0 bridgehead atoms. The predicted octanol–water partition coefficient (Wildman–Crippen LogP) is 2.99. The topological polar surface area (TPSA) is 106 Å². The summed E-state index contributed by atoms with van der Waals surface area (Å²) in [6.07, 6.45) is -6.69. The van der Waals surface area contributed by atoms with Crippen molar-refractivity contribution < 1.29 is 37.7 Å². The summed E-state index contributed by atoms with van der Waals surface area (Å²) in [7, 11) is 0. The summed E-state index contributed by atoms with van der Waals surface area (Å²) >= 11 is 5.53. The van der Waals surface area contributed by atoms with Crippen molar-refractivity contribution in [2.75, 3.05) is 23.0 Å². The van der Waals surface area contributed by atoms with Crippen molar-refractivity contribution in [2.24, 2.45) is 0 Å². The fourth-order valence-electron chi connectivity index (χ4n) is 3.98. The van der Waals surface area contributed by atoms with Gasteiger partial charge in [-0.05, 0) is 56.4 Å². The summed E-state index contributed by atoms with van der Waals surface area (Å²) in [5, 5.41) is 27.9. The number of hydrogen-bond donors (Lipinski definition) is 2. The van der Waals surface area contributed by atoms with Crippen molar-refractivity contribution in [1.82, 2.24) is 0 Å². The first-order valence-electron chi connectivity index (χ1n) is 10.4. The number of aliphatic hydroxyl groups excluding tert-OH is 2. The molecule has 0 spiro atoms. The maximum absolute atomic E-state index is 13.5. The number of anilines is 2. The van der Waals surface area contributed by atoms with Crippen LogP contribution < -0.4 is 19.3 Å². The molecule has 2 aliphatic heterocycles. The smallest absolute Gasteiger partial charge is 0.417 e. The third-order valence-electron chi connectivity index (χ3n) is 5.84. The number of thiocarbonyl (C=S) groups is 1. The van der Waals surface area contributed by atoms with Gasteiger partial charge in [-0.15, -0.1) is 0 Å². The lowest BCUT2D eigenvalue weighted by Gasteiger charge is -2.32. The van der Waals surface area contributed by atoms with E-state index in [4.69, 9.17) is 32.1 Å². The molecule has 2 N–H and O–H groups in total. The Bertz CT molecular complexity index is 1240. The molecule has 0 radical (unpaired) electrons. The predicted molar refractivity (Wildman–Crippen MR) is 122 cm³/mol. The summed E-state index contributed by atoms with van der Waals surface area (Å²) in [5.41, 5.74) is -2.66. The lowest BCUT2D eigenvalue weighted by atomic mass is 10.0. The van der Waals surface area contributed by atoms with E-state index in [1.807, 2.05) is 0 Å². The minimum atomic E-state index is -4.79. The Morgan fingerprint density at radius 1 is 1.23 bits per heavy atom. The molecule has 2 aliphatic rings. The molecule has 0 aliphatic carbocycles. The Kier molecular flexibility index (Phi) is 6.12. The van der Waals surface area contributed by atoms with Gasteiger partial charge in [0, 0.05) is 11.8 Å². The first kappa shape index (κ1) is 24.7. The monoisotopic (exact) mass is 507 g/mol. The fraction of sp³-hybridized carbons (Fsp3) is 0.348. The van der Waals surface area contributed by atoms with Crippen LogP contribution in [0, 0.1) is 11.3 Å². The molecule has 12 heteroatoms. The second-order valence-corrected chi connectivity index (χ2v) is 8.87. The van der Waals surface area contributed by atoms with Crippen LogP contribution in [0.3, 0.4) is 0 Å². The second-order valence-electron chi connectivity index (χ2n) is 8.51.